The van der Waals surface area contributed by atoms with Crippen LogP contribution in [0.15, 0.2) is 24.3 Å². The van der Waals surface area contributed by atoms with E-state index >= 15 is 0 Å². The first-order chi connectivity index (χ1) is 9.90. The summed E-state index contributed by atoms with van der Waals surface area (Å²) >= 11 is 5.83. The van der Waals surface area contributed by atoms with Crippen LogP contribution in [0.4, 0.5) is 13.2 Å². The highest BCUT2D eigenvalue weighted by Gasteiger charge is 2.43. The van der Waals surface area contributed by atoms with Crippen LogP contribution in [0.1, 0.15) is 31.2 Å². The van der Waals surface area contributed by atoms with Gasteiger partial charge >= 0.3 is 6.18 Å². The highest BCUT2D eigenvalue weighted by Crippen LogP contribution is 2.41. The van der Waals surface area contributed by atoms with Crippen molar-refractivity contribution < 1.29 is 13.2 Å². The van der Waals surface area contributed by atoms with E-state index in [1.165, 1.54) is 0 Å². The first-order valence-corrected chi connectivity index (χ1v) is 7.55. The van der Waals surface area contributed by atoms with Gasteiger partial charge in [0.2, 0.25) is 0 Å². The van der Waals surface area contributed by atoms with Crippen LogP contribution in [0.3, 0.4) is 0 Å². The Kier molecular flexibility index (Phi) is 5.52. The van der Waals surface area contributed by atoms with E-state index in [0.717, 1.165) is 12.0 Å². The van der Waals surface area contributed by atoms with Gasteiger partial charge in [-0.1, -0.05) is 30.2 Å². The Balaban J connectivity index is 2.01. The van der Waals surface area contributed by atoms with Crippen molar-refractivity contribution in [1.82, 2.24) is 5.43 Å². The van der Waals surface area contributed by atoms with E-state index in [4.69, 9.17) is 17.4 Å². The van der Waals surface area contributed by atoms with Crippen LogP contribution in [0.5, 0.6) is 0 Å². The van der Waals surface area contributed by atoms with Gasteiger partial charge in [0, 0.05) is 11.1 Å². The van der Waals surface area contributed by atoms with Gasteiger partial charge in [0.1, 0.15) is 0 Å². The fourth-order valence-electron chi connectivity index (χ4n) is 3.13. The highest BCUT2D eigenvalue weighted by atomic mass is 35.5. The predicted molar refractivity (Wildman–Crippen MR) is 77.8 cm³/mol. The molecule has 3 unspecified atom stereocenters. The topological polar surface area (TPSA) is 38.0 Å². The minimum absolute atomic E-state index is 0.0500. The second-order valence-corrected chi connectivity index (χ2v) is 6.21. The Morgan fingerprint density at radius 3 is 2.48 bits per heavy atom. The molecule has 1 fully saturated rings. The summed E-state index contributed by atoms with van der Waals surface area (Å²) in [6.07, 6.45) is -1.70. The van der Waals surface area contributed by atoms with Crippen molar-refractivity contribution in [3.63, 3.8) is 0 Å². The molecular weight excluding hydrogens is 301 g/mol. The zero-order valence-corrected chi connectivity index (χ0v) is 12.4. The maximum absolute atomic E-state index is 12.9. The first-order valence-electron chi connectivity index (χ1n) is 7.17. The Labute approximate surface area is 127 Å². The van der Waals surface area contributed by atoms with Crippen LogP contribution in [0, 0.1) is 11.8 Å². The summed E-state index contributed by atoms with van der Waals surface area (Å²) in [5.41, 5.74) is 3.73. The Bertz CT molecular complexity index is 447. The molecule has 21 heavy (non-hydrogen) atoms. The highest BCUT2D eigenvalue weighted by molar-refractivity contribution is 6.30. The van der Waals surface area contributed by atoms with E-state index in [2.05, 4.69) is 5.43 Å². The van der Waals surface area contributed by atoms with Gasteiger partial charge < -0.3 is 0 Å². The summed E-state index contributed by atoms with van der Waals surface area (Å²) in [5, 5.41) is 0.644. The van der Waals surface area contributed by atoms with Crippen molar-refractivity contribution in [2.75, 3.05) is 0 Å². The van der Waals surface area contributed by atoms with Gasteiger partial charge in [-0.25, -0.2) is 0 Å². The molecule has 0 radical (unpaired) electrons. The summed E-state index contributed by atoms with van der Waals surface area (Å²) in [6.45, 7) is 0. The van der Waals surface area contributed by atoms with E-state index in [1.807, 2.05) is 12.1 Å². The average Bonchev–Trinajstić information content (AvgIpc) is 2.46. The van der Waals surface area contributed by atoms with Crippen LogP contribution in [0.25, 0.3) is 0 Å². The summed E-state index contributed by atoms with van der Waals surface area (Å²) in [5.74, 6) is 4.33. The van der Waals surface area contributed by atoms with Gasteiger partial charge in [-0.2, -0.15) is 13.2 Å². The summed E-state index contributed by atoms with van der Waals surface area (Å²) in [4.78, 5) is 0. The molecule has 1 aromatic rings. The second-order valence-electron chi connectivity index (χ2n) is 5.77. The fourth-order valence-corrected chi connectivity index (χ4v) is 3.25. The summed E-state index contributed by atoms with van der Waals surface area (Å²) in [7, 11) is 0. The molecule has 1 aliphatic rings. The predicted octanol–water partition coefficient (Wildman–Crippen LogP) is 4.08. The lowest BCUT2D eigenvalue weighted by Crippen LogP contribution is -2.45. The molecule has 0 saturated heterocycles. The quantitative estimate of drug-likeness (QED) is 0.648. The molecule has 3 N–H and O–H groups in total. The SMILES string of the molecule is NNC(Cc1ccc(Cl)cc1)C1CCCC(C(F)(F)F)C1. The van der Waals surface area contributed by atoms with Crippen LogP contribution < -0.4 is 11.3 Å². The van der Waals surface area contributed by atoms with Crippen molar-refractivity contribution in [2.45, 2.75) is 44.3 Å². The van der Waals surface area contributed by atoms with E-state index in [1.54, 1.807) is 12.1 Å². The molecule has 2 nitrogen and oxygen atoms in total. The molecule has 0 spiro atoms. The van der Waals surface area contributed by atoms with E-state index in [9.17, 15) is 13.2 Å². The molecular formula is C15H20ClF3N2. The maximum Gasteiger partial charge on any atom is 0.391 e. The van der Waals surface area contributed by atoms with E-state index in [0.29, 0.717) is 17.9 Å². The number of hydrogen-bond donors (Lipinski definition) is 2. The number of alkyl halides is 3. The first kappa shape index (κ1) is 16.6. The summed E-state index contributed by atoms with van der Waals surface area (Å²) < 4.78 is 38.7. The Morgan fingerprint density at radius 1 is 1.24 bits per heavy atom. The number of nitrogens with two attached hydrogens (primary N) is 1. The largest absolute Gasteiger partial charge is 0.391 e. The number of rotatable bonds is 4. The maximum atomic E-state index is 12.9. The van der Waals surface area contributed by atoms with E-state index < -0.39 is 12.1 Å². The van der Waals surface area contributed by atoms with Crippen molar-refractivity contribution in [3.8, 4) is 0 Å². The van der Waals surface area contributed by atoms with Crippen LogP contribution >= 0.6 is 11.6 Å². The molecule has 2 rings (SSSR count). The average molecular weight is 321 g/mol. The normalized spacial score (nSPS) is 24.8. The van der Waals surface area contributed by atoms with Gasteiger partial charge in [0.15, 0.2) is 0 Å². The molecule has 0 aromatic heterocycles. The lowest BCUT2D eigenvalue weighted by molar-refractivity contribution is -0.186. The van der Waals surface area contributed by atoms with Crippen molar-refractivity contribution in [1.29, 1.82) is 0 Å². The molecule has 118 valence electrons. The number of nitrogens with one attached hydrogen (secondary N) is 1. The van der Waals surface area contributed by atoms with Gasteiger partial charge in [0.25, 0.3) is 0 Å². The third-order valence-corrected chi connectivity index (χ3v) is 4.58. The Hall–Kier alpha value is -0.780. The number of hydrogen-bond acceptors (Lipinski definition) is 2. The molecule has 1 aliphatic carbocycles. The zero-order valence-electron chi connectivity index (χ0n) is 11.7. The second kappa shape index (κ2) is 6.99. The molecule has 6 heteroatoms. The molecule has 3 atom stereocenters. The molecule has 0 heterocycles. The summed E-state index contributed by atoms with van der Waals surface area (Å²) in [6, 6.07) is 7.19. The van der Waals surface area contributed by atoms with Crippen molar-refractivity contribution >= 4 is 11.6 Å². The molecule has 1 saturated carbocycles. The van der Waals surface area contributed by atoms with Crippen molar-refractivity contribution in [3.05, 3.63) is 34.9 Å². The van der Waals surface area contributed by atoms with Gasteiger partial charge in [0.05, 0.1) is 5.92 Å². The van der Waals surface area contributed by atoms with Crippen LogP contribution in [-0.4, -0.2) is 12.2 Å². The van der Waals surface area contributed by atoms with E-state index in [-0.39, 0.29) is 24.8 Å². The lowest BCUT2D eigenvalue weighted by atomic mass is 9.76. The number of halogens is 4. The van der Waals surface area contributed by atoms with Gasteiger partial charge in [-0.15, -0.1) is 0 Å². The van der Waals surface area contributed by atoms with Crippen molar-refractivity contribution in [2.24, 2.45) is 17.7 Å². The van der Waals surface area contributed by atoms with Gasteiger partial charge in [-0.3, -0.25) is 11.3 Å². The zero-order chi connectivity index (χ0) is 15.5. The third-order valence-electron chi connectivity index (χ3n) is 4.33. The monoisotopic (exact) mass is 320 g/mol. The standard InChI is InChI=1S/C15H20ClF3N2/c16-13-6-4-10(5-7-13)8-14(21-20)11-2-1-3-12(9-11)15(17,18)19/h4-7,11-12,14,21H,1-3,8-9,20H2. The number of hydrazine groups is 1. The third kappa shape index (κ3) is 4.59. The van der Waals surface area contributed by atoms with Gasteiger partial charge in [-0.05, 0) is 49.3 Å². The molecule has 0 amide bonds. The molecule has 1 aromatic carbocycles. The lowest BCUT2D eigenvalue weighted by Gasteiger charge is -2.35. The molecule has 0 bridgehead atoms. The minimum atomic E-state index is -4.10. The van der Waals surface area contributed by atoms with Crippen LogP contribution in [0.2, 0.25) is 5.02 Å². The fraction of sp³-hybridized carbons (Fsp3) is 0.600. The van der Waals surface area contributed by atoms with Crippen LogP contribution in [-0.2, 0) is 6.42 Å². The number of benzene rings is 1. The Morgan fingerprint density at radius 2 is 1.90 bits per heavy atom. The molecule has 0 aliphatic heterocycles. The minimum Gasteiger partial charge on any atom is -0.271 e. The smallest absolute Gasteiger partial charge is 0.271 e.